The van der Waals surface area contributed by atoms with E-state index in [1.807, 2.05) is 54.0 Å². The predicted octanol–water partition coefficient (Wildman–Crippen LogP) is 4.35. The third kappa shape index (κ3) is 5.22. The Kier molecular flexibility index (Phi) is 6.50. The molecule has 0 bridgehead atoms. The maximum absolute atomic E-state index is 12.6. The summed E-state index contributed by atoms with van der Waals surface area (Å²) in [6.45, 7) is 2.06. The van der Waals surface area contributed by atoms with Crippen LogP contribution < -0.4 is 4.72 Å². The van der Waals surface area contributed by atoms with Crippen LogP contribution in [0, 0.1) is 6.92 Å². The van der Waals surface area contributed by atoms with Crippen LogP contribution in [0.1, 0.15) is 17.0 Å². The Morgan fingerprint density at radius 3 is 2.19 bits per heavy atom. The van der Waals surface area contributed by atoms with Gasteiger partial charge in [-0.05, 0) is 36.8 Å². The highest BCUT2D eigenvalue weighted by Crippen LogP contribution is 2.25. The molecule has 0 aliphatic rings. The molecule has 0 unspecified atom stereocenters. The summed E-state index contributed by atoms with van der Waals surface area (Å²) in [5.74, 6) is 1.26. The summed E-state index contributed by atoms with van der Waals surface area (Å²) in [6, 6.07) is 26.4. The van der Waals surface area contributed by atoms with Crippen molar-refractivity contribution >= 4 is 21.8 Å². The minimum Gasteiger partial charge on any atom is -0.273 e. The Bertz CT molecular complexity index is 1240. The van der Waals surface area contributed by atoms with E-state index in [0.29, 0.717) is 11.0 Å². The average Bonchev–Trinajstić information content (AvgIpc) is 3.21. The molecule has 1 N–H and O–H groups in total. The number of hydrogen-bond acceptors (Lipinski definition) is 5. The average molecular weight is 451 g/mol. The van der Waals surface area contributed by atoms with Crippen LogP contribution in [0.2, 0.25) is 0 Å². The molecule has 158 valence electrons. The lowest BCUT2D eigenvalue weighted by Crippen LogP contribution is -2.25. The van der Waals surface area contributed by atoms with Crippen molar-refractivity contribution < 1.29 is 8.42 Å². The maximum atomic E-state index is 12.6. The summed E-state index contributed by atoms with van der Waals surface area (Å²) in [7, 11) is -3.65. The highest BCUT2D eigenvalue weighted by atomic mass is 32.2. The quantitative estimate of drug-likeness (QED) is 0.404. The third-order valence-electron chi connectivity index (χ3n) is 4.68. The second-order valence-electron chi connectivity index (χ2n) is 6.98. The van der Waals surface area contributed by atoms with Gasteiger partial charge in [-0.15, -0.1) is 10.2 Å². The van der Waals surface area contributed by atoms with Gasteiger partial charge in [0.1, 0.15) is 0 Å². The van der Waals surface area contributed by atoms with Gasteiger partial charge in [-0.3, -0.25) is 4.57 Å². The standard InChI is InChI=1S/C23H22N4O2S2/c1-18-12-14-20(15-13-18)27-22(16-24-31(28,29)21-10-6-3-7-11-21)25-26-23(27)30-17-19-8-4-2-5-9-19/h2-15,24H,16-17H2,1H3. The molecule has 4 rings (SSSR count). The molecule has 0 saturated carbocycles. The van der Waals surface area contributed by atoms with Crippen LogP contribution in [0.25, 0.3) is 5.69 Å². The van der Waals surface area contributed by atoms with Crippen LogP contribution in [0.3, 0.4) is 0 Å². The van der Waals surface area contributed by atoms with Crippen molar-refractivity contribution in [2.45, 2.75) is 29.3 Å². The van der Waals surface area contributed by atoms with Gasteiger partial charge >= 0.3 is 0 Å². The van der Waals surface area contributed by atoms with E-state index in [9.17, 15) is 8.42 Å². The van der Waals surface area contributed by atoms with Gasteiger partial charge in [0.25, 0.3) is 0 Å². The largest absolute Gasteiger partial charge is 0.273 e. The van der Waals surface area contributed by atoms with Gasteiger partial charge in [-0.2, -0.15) is 0 Å². The van der Waals surface area contributed by atoms with E-state index in [2.05, 4.69) is 27.1 Å². The van der Waals surface area contributed by atoms with Gasteiger partial charge in [-0.1, -0.05) is 78.0 Å². The minimum atomic E-state index is -3.65. The molecule has 0 fully saturated rings. The van der Waals surface area contributed by atoms with E-state index < -0.39 is 10.0 Å². The molecular formula is C23H22N4O2S2. The number of aromatic nitrogens is 3. The van der Waals surface area contributed by atoms with E-state index in [1.54, 1.807) is 42.1 Å². The van der Waals surface area contributed by atoms with Crippen molar-refractivity contribution in [3.8, 4) is 5.69 Å². The zero-order valence-electron chi connectivity index (χ0n) is 17.0. The summed E-state index contributed by atoms with van der Waals surface area (Å²) in [5.41, 5.74) is 3.21. The highest BCUT2D eigenvalue weighted by molar-refractivity contribution is 7.98. The molecule has 0 saturated heterocycles. The molecule has 1 heterocycles. The Balaban J connectivity index is 1.61. The molecule has 1 aromatic heterocycles. The lowest BCUT2D eigenvalue weighted by atomic mass is 10.2. The van der Waals surface area contributed by atoms with Crippen molar-refractivity contribution in [1.82, 2.24) is 19.5 Å². The van der Waals surface area contributed by atoms with Crippen molar-refractivity contribution in [2.75, 3.05) is 0 Å². The summed E-state index contributed by atoms with van der Waals surface area (Å²) >= 11 is 1.56. The number of rotatable bonds is 8. The van der Waals surface area contributed by atoms with Gasteiger partial charge in [0, 0.05) is 11.4 Å². The van der Waals surface area contributed by atoms with Gasteiger partial charge in [0.15, 0.2) is 11.0 Å². The molecule has 0 radical (unpaired) electrons. The smallest absolute Gasteiger partial charge is 0.240 e. The molecular weight excluding hydrogens is 428 g/mol. The summed E-state index contributed by atoms with van der Waals surface area (Å²) < 4.78 is 29.8. The number of aryl methyl sites for hydroxylation is 1. The molecule has 0 aliphatic carbocycles. The zero-order valence-corrected chi connectivity index (χ0v) is 18.6. The first-order valence-corrected chi connectivity index (χ1v) is 12.2. The molecule has 6 nitrogen and oxygen atoms in total. The molecule has 8 heteroatoms. The lowest BCUT2D eigenvalue weighted by Gasteiger charge is -2.12. The first-order chi connectivity index (χ1) is 15.0. The van der Waals surface area contributed by atoms with Gasteiger partial charge in [0.05, 0.1) is 11.4 Å². The summed E-state index contributed by atoms with van der Waals surface area (Å²) in [4.78, 5) is 0.218. The topological polar surface area (TPSA) is 76.9 Å². The van der Waals surface area contributed by atoms with Crippen LogP contribution in [0.5, 0.6) is 0 Å². The van der Waals surface area contributed by atoms with Crippen molar-refractivity contribution in [3.05, 3.63) is 102 Å². The number of hydrogen-bond donors (Lipinski definition) is 1. The zero-order chi connectivity index (χ0) is 21.7. The van der Waals surface area contributed by atoms with E-state index in [0.717, 1.165) is 17.0 Å². The molecule has 3 aromatic carbocycles. The van der Waals surface area contributed by atoms with E-state index in [4.69, 9.17) is 0 Å². The molecule has 0 spiro atoms. The monoisotopic (exact) mass is 450 g/mol. The second kappa shape index (κ2) is 9.47. The SMILES string of the molecule is Cc1ccc(-n2c(CNS(=O)(=O)c3ccccc3)nnc2SCc2ccccc2)cc1. The third-order valence-corrected chi connectivity index (χ3v) is 7.09. The number of thioether (sulfide) groups is 1. The van der Waals surface area contributed by atoms with Crippen LogP contribution in [0.4, 0.5) is 0 Å². The normalized spacial score (nSPS) is 11.5. The van der Waals surface area contributed by atoms with Gasteiger partial charge in [-0.25, -0.2) is 13.1 Å². The van der Waals surface area contributed by atoms with E-state index in [-0.39, 0.29) is 11.4 Å². The van der Waals surface area contributed by atoms with Crippen LogP contribution in [-0.4, -0.2) is 23.2 Å². The van der Waals surface area contributed by atoms with Crippen molar-refractivity contribution in [3.63, 3.8) is 0 Å². The Morgan fingerprint density at radius 2 is 1.52 bits per heavy atom. The van der Waals surface area contributed by atoms with E-state index in [1.165, 1.54) is 5.56 Å². The number of nitrogens with one attached hydrogen (secondary N) is 1. The van der Waals surface area contributed by atoms with Crippen LogP contribution >= 0.6 is 11.8 Å². The highest BCUT2D eigenvalue weighted by Gasteiger charge is 2.18. The second-order valence-corrected chi connectivity index (χ2v) is 9.69. The first kappa shape index (κ1) is 21.3. The molecule has 4 aromatic rings. The van der Waals surface area contributed by atoms with Crippen molar-refractivity contribution in [2.24, 2.45) is 0 Å². The van der Waals surface area contributed by atoms with Gasteiger partial charge < -0.3 is 0 Å². The Morgan fingerprint density at radius 1 is 0.871 bits per heavy atom. The Hall–Kier alpha value is -2.94. The first-order valence-electron chi connectivity index (χ1n) is 9.76. The molecule has 31 heavy (non-hydrogen) atoms. The van der Waals surface area contributed by atoms with Crippen LogP contribution in [-0.2, 0) is 22.3 Å². The molecule has 0 aliphatic heterocycles. The summed E-state index contributed by atoms with van der Waals surface area (Å²) in [5, 5.41) is 9.34. The number of benzene rings is 3. The van der Waals surface area contributed by atoms with E-state index >= 15 is 0 Å². The lowest BCUT2D eigenvalue weighted by molar-refractivity contribution is 0.578. The predicted molar refractivity (Wildman–Crippen MR) is 123 cm³/mol. The fraction of sp³-hybridized carbons (Fsp3) is 0.130. The summed E-state index contributed by atoms with van der Waals surface area (Å²) in [6.07, 6.45) is 0. The fourth-order valence-electron chi connectivity index (χ4n) is 3.03. The molecule has 0 atom stereocenters. The minimum absolute atomic E-state index is 0.0317. The van der Waals surface area contributed by atoms with Crippen LogP contribution in [0.15, 0.2) is 95.0 Å². The number of nitrogens with zero attached hydrogens (tertiary/aromatic N) is 3. The Labute approximate surface area is 186 Å². The molecule has 0 amide bonds. The number of sulfonamides is 1. The maximum Gasteiger partial charge on any atom is 0.240 e. The van der Waals surface area contributed by atoms with Crippen molar-refractivity contribution in [1.29, 1.82) is 0 Å². The van der Waals surface area contributed by atoms with Gasteiger partial charge in [0.2, 0.25) is 10.0 Å². The fourth-order valence-corrected chi connectivity index (χ4v) is 4.95.